The highest BCUT2D eigenvalue weighted by Crippen LogP contribution is 2.12. The third kappa shape index (κ3) is 6.48. The zero-order valence-corrected chi connectivity index (χ0v) is 16.3. The summed E-state index contributed by atoms with van der Waals surface area (Å²) in [5.74, 6) is -0.360. The van der Waals surface area contributed by atoms with E-state index in [1.807, 2.05) is 4.90 Å². The van der Waals surface area contributed by atoms with E-state index in [-0.39, 0.29) is 35.9 Å². The molecule has 1 aromatic rings. The molecule has 0 saturated carbocycles. The van der Waals surface area contributed by atoms with Crippen molar-refractivity contribution in [3.05, 3.63) is 42.5 Å². The number of sulfonamides is 1. The number of amides is 2. The van der Waals surface area contributed by atoms with Gasteiger partial charge in [0.1, 0.15) is 0 Å². The summed E-state index contributed by atoms with van der Waals surface area (Å²) in [6.07, 6.45) is 6.04. The molecule has 0 atom stereocenters. The van der Waals surface area contributed by atoms with E-state index in [1.54, 1.807) is 6.07 Å². The van der Waals surface area contributed by atoms with Crippen molar-refractivity contribution in [1.29, 1.82) is 0 Å². The highest BCUT2D eigenvalue weighted by atomic mass is 32.2. The molecule has 2 rings (SSSR count). The van der Waals surface area contributed by atoms with Gasteiger partial charge in [0, 0.05) is 38.2 Å². The van der Waals surface area contributed by atoms with Gasteiger partial charge in [0.2, 0.25) is 15.9 Å². The summed E-state index contributed by atoms with van der Waals surface area (Å²) < 4.78 is 26.6. The number of nitrogens with zero attached hydrogens (tertiary/aromatic N) is 1. The molecule has 1 aliphatic rings. The van der Waals surface area contributed by atoms with E-state index < -0.39 is 15.9 Å². The predicted octanol–water partition coefficient (Wildman–Crippen LogP) is 1.67. The third-order valence-corrected chi connectivity index (χ3v) is 5.83. The van der Waals surface area contributed by atoms with Gasteiger partial charge >= 0.3 is 0 Å². The second kappa shape index (κ2) is 10.2. The molecule has 7 nitrogen and oxygen atoms in total. The average molecular weight is 394 g/mol. The molecular formula is C19H27N3O4S. The Bertz CT molecular complexity index is 769. The monoisotopic (exact) mass is 393 g/mol. The van der Waals surface area contributed by atoms with Crippen LogP contribution < -0.4 is 10.0 Å². The van der Waals surface area contributed by atoms with Gasteiger partial charge < -0.3 is 10.2 Å². The van der Waals surface area contributed by atoms with Crippen molar-refractivity contribution in [3.63, 3.8) is 0 Å². The fourth-order valence-electron chi connectivity index (χ4n) is 2.92. The van der Waals surface area contributed by atoms with Crippen molar-refractivity contribution >= 4 is 21.8 Å². The Labute approximate surface area is 160 Å². The Morgan fingerprint density at radius 3 is 2.52 bits per heavy atom. The zero-order chi connectivity index (χ0) is 19.7. The highest BCUT2D eigenvalue weighted by Gasteiger charge is 2.17. The Morgan fingerprint density at radius 2 is 1.85 bits per heavy atom. The predicted molar refractivity (Wildman–Crippen MR) is 104 cm³/mol. The van der Waals surface area contributed by atoms with Gasteiger partial charge in [-0.15, -0.1) is 6.58 Å². The van der Waals surface area contributed by atoms with Crippen LogP contribution in [0.5, 0.6) is 0 Å². The van der Waals surface area contributed by atoms with Crippen LogP contribution in [-0.2, 0) is 14.8 Å². The van der Waals surface area contributed by atoms with E-state index >= 15 is 0 Å². The Morgan fingerprint density at radius 1 is 1.15 bits per heavy atom. The second-order valence-corrected chi connectivity index (χ2v) is 8.24. The van der Waals surface area contributed by atoms with Crippen LogP contribution in [0, 0.1) is 0 Å². The first-order chi connectivity index (χ1) is 12.9. The van der Waals surface area contributed by atoms with Crippen LogP contribution in [0.1, 0.15) is 42.5 Å². The van der Waals surface area contributed by atoms with Crippen LogP contribution in [0.3, 0.4) is 0 Å². The van der Waals surface area contributed by atoms with Gasteiger partial charge in [0.15, 0.2) is 0 Å². The lowest BCUT2D eigenvalue weighted by Gasteiger charge is -2.20. The first kappa shape index (κ1) is 21.1. The molecule has 0 radical (unpaired) electrons. The molecule has 1 heterocycles. The van der Waals surface area contributed by atoms with Gasteiger partial charge in [0.25, 0.3) is 5.91 Å². The van der Waals surface area contributed by atoms with Crippen LogP contribution in [0.4, 0.5) is 0 Å². The molecule has 2 N–H and O–H groups in total. The molecule has 1 aliphatic heterocycles. The number of nitrogens with one attached hydrogen (secondary N) is 2. The fraction of sp³-hybridized carbons (Fsp3) is 0.474. The number of carbonyl (C=O) groups is 2. The van der Waals surface area contributed by atoms with Gasteiger partial charge in [-0.3, -0.25) is 9.59 Å². The van der Waals surface area contributed by atoms with E-state index in [9.17, 15) is 18.0 Å². The third-order valence-electron chi connectivity index (χ3n) is 4.41. The van der Waals surface area contributed by atoms with E-state index in [0.717, 1.165) is 38.8 Å². The Kier molecular flexibility index (Phi) is 7.99. The largest absolute Gasteiger partial charge is 0.352 e. The maximum atomic E-state index is 12.3. The number of hydrogen-bond donors (Lipinski definition) is 2. The first-order valence-corrected chi connectivity index (χ1v) is 10.7. The summed E-state index contributed by atoms with van der Waals surface area (Å²) >= 11 is 0. The molecule has 1 aromatic carbocycles. The summed E-state index contributed by atoms with van der Waals surface area (Å²) in [5, 5.41) is 2.69. The van der Waals surface area contributed by atoms with Gasteiger partial charge in [-0.05, 0) is 31.0 Å². The number of hydrogen-bond acceptors (Lipinski definition) is 4. The molecule has 1 fully saturated rings. The number of likely N-dealkylation sites (tertiary alicyclic amines) is 1. The molecule has 27 heavy (non-hydrogen) atoms. The van der Waals surface area contributed by atoms with Gasteiger partial charge in [-0.25, -0.2) is 13.1 Å². The summed E-state index contributed by atoms with van der Waals surface area (Å²) in [7, 11) is -3.69. The molecule has 8 heteroatoms. The quantitative estimate of drug-likeness (QED) is 0.657. The lowest BCUT2D eigenvalue weighted by atomic mass is 10.2. The fourth-order valence-corrected chi connectivity index (χ4v) is 3.96. The molecule has 0 bridgehead atoms. The van der Waals surface area contributed by atoms with Crippen LogP contribution in [0.15, 0.2) is 41.8 Å². The van der Waals surface area contributed by atoms with E-state index in [1.165, 1.54) is 24.3 Å². The number of benzene rings is 1. The maximum Gasteiger partial charge on any atom is 0.251 e. The van der Waals surface area contributed by atoms with E-state index in [2.05, 4.69) is 16.6 Å². The minimum atomic E-state index is -3.69. The Balaban J connectivity index is 1.89. The van der Waals surface area contributed by atoms with Crippen LogP contribution in [0.2, 0.25) is 0 Å². The molecule has 0 aromatic heterocycles. The summed E-state index contributed by atoms with van der Waals surface area (Å²) in [5.41, 5.74) is 0.235. The minimum Gasteiger partial charge on any atom is -0.352 e. The van der Waals surface area contributed by atoms with Crippen molar-refractivity contribution in [2.45, 2.75) is 37.0 Å². The standard InChI is InChI=1S/C19H27N3O4S/c1-2-11-21-27(25,26)17-9-7-8-16(15-17)19(24)20-12-10-18(23)22-13-5-3-4-6-14-22/h2,7-9,15,21H,1,3-6,10-14H2,(H,20,24). The average Bonchev–Trinajstić information content (AvgIpc) is 2.96. The number of rotatable bonds is 8. The highest BCUT2D eigenvalue weighted by molar-refractivity contribution is 7.89. The zero-order valence-electron chi connectivity index (χ0n) is 15.4. The van der Waals surface area contributed by atoms with Crippen LogP contribution >= 0.6 is 0 Å². The van der Waals surface area contributed by atoms with Crippen molar-refractivity contribution in [2.75, 3.05) is 26.2 Å². The van der Waals surface area contributed by atoms with Crippen molar-refractivity contribution < 1.29 is 18.0 Å². The molecule has 148 valence electrons. The van der Waals surface area contributed by atoms with Crippen molar-refractivity contribution in [2.24, 2.45) is 0 Å². The molecule has 0 aliphatic carbocycles. The van der Waals surface area contributed by atoms with Crippen LogP contribution in [-0.4, -0.2) is 51.3 Å². The van der Waals surface area contributed by atoms with E-state index in [0.29, 0.717) is 0 Å². The van der Waals surface area contributed by atoms with Crippen molar-refractivity contribution in [1.82, 2.24) is 14.9 Å². The molecule has 0 unspecified atom stereocenters. The molecule has 1 saturated heterocycles. The van der Waals surface area contributed by atoms with Gasteiger partial charge in [0.05, 0.1) is 4.90 Å². The SMILES string of the molecule is C=CCNS(=O)(=O)c1cccc(C(=O)NCCC(=O)N2CCCCCC2)c1. The summed E-state index contributed by atoms with van der Waals surface area (Å²) in [6, 6.07) is 5.79. The lowest BCUT2D eigenvalue weighted by molar-refractivity contribution is -0.131. The van der Waals surface area contributed by atoms with E-state index in [4.69, 9.17) is 0 Å². The minimum absolute atomic E-state index is 0.0117. The molecule has 0 spiro atoms. The Hall–Kier alpha value is -2.19. The lowest BCUT2D eigenvalue weighted by Crippen LogP contribution is -2.35. The number of carbonyl (C=O) groups excluding carboxylic acids is 2. The maximum absolute atomic E-state index is 12.3. The molecular weight excluding hydrogens is 366 g/mol. The first-order valence-electron chi connectivity index (χ1n) is 9.20. The topological polar surface area (TPSA) is 95.6 Å². The van der Waals surface area contributed by atoms with Crippen molar-refractivity contribution in [3.8, 4) is 0 Å². The van der Waals surface area contributed by atoms with Gasteiger partial charge in [-0.1, -0.05) is 25.0 Å². The second-order valence-electron chi connectivity index (χ2n) is 6.47. The van der Waals surface area contributed by atoms with Gasteiger partial charge in [-0.2, -0.15) is 0 Å². The summed E-state index contributed by atoms with van der Waals surface area (Å²) in [6.45, 7) is 5.36. The molecule has 2 amide bonds. The smallest absolute Gasteiger partial charge is 0.251 e. The summed E-state index contributed by atoms with van der Waals surface area (Å²) in [4.78, 5) is 26.4. The van der Waals surface area contributed by atoms with Crippen LogP contribution in [0.25, 0.3) is 0 Å². The normalized spacial score (nSPS) is 15.0.